The van der Waals surface area contributed by atoms with Crippen molar-refractivity contribution in [2.75, 3.05) is 18.0 Å². The third kappa shape index (κ3) is 2.59. The quantitative estimate of drug-likeness (QED) is 0.896. The van der Waals surface area contributed by atoms with Gasteiger partial charge in [-0.25, -0.2) is 15.0 Å². The van der Waals surface area contributed by atoms with Crippen LogP contribution in [0.2, 0.25) is 0 Å². The number of imidazole rings is 1. The summed E-state index contributed by atoms with van der Waals surface area (Å²) in [5.74, 6) is 2.39. The molecule has 19 heavy (non-hydrogen) atoms. The Balaban J connectivity index is 1.81. The van der Waals surface area contributed by atoms with Crippen molar-refractivity contribution in [2.45, 2.75) is 32.6 Å². The first-order valence-electron chi connectivity index (χ1n) is 6.79. The minimum absolute atomic E-state index is 0.452. The van der Waals surface area contributed by atoms with Gasteiger partial charge in [-0.2, -0.15) is 0 Å². The lowest BCUT2D eigenvalue weighted by molar-refractivity contribution is 0.488. The summed E-state index contributed by atoms with van der Waals surface area (Å²) in [7, 11) is 0. The maximum absolute atomic E-state index is 4.56. The minimum atomic E-state index is 0.452. The second kappa shape index (κ2) is 4.99. The first kappa shape index (κ1) is 12.1. The molecule has 0 radical (unpaired) electrons. The van der Waals surface area contributed by atoms with Crippen LogP contribution < -0.4 is 4.90 Å². The first-order valence-corrected chi connectivity index (χ1v) is 6.79. The lowest BCUT2D eigenvalue weighted by Gasteiger charge is -2.32. The van der Waals surface area contributed by atoms with Gasteiger partial charge >= 0.3 is 0 Å². The van der Waals surface area contributed by atoms with Gasteiger partial charge < -0.3 is 9.88 Å². The Hall–Kier alpha value is -1.91. The molecule has 0 unspecified atom stereocenters. The fourth-order valence-electron chi connectivity index (χ4n) is 2.73. The van der Waals surface area contributed by atoms with E-state index in [9.17, 15) is 0 Å². The molecule has 0 aliphatic carbocycles. The van der Waals surface area contributed by atoms with Gasteiger partial charge in [0.25, 0.3) is 0 Å². The van der Waals surface area contributed by atoms with E-state index >= 15 is 0 Å². The Bertz CT molecular complexity index is 529. The van der Waals surface area contributed by atoms with Gasteiger partial charge in [-0.1, -0.05) is 0 Å². The Labute approximate surface area is 113 Å². The van der Waals surface area contributed by atoms with Crippen molar-refractivity contribution in [2.24, 2.45) is 0 Å². The van der Waals surface area contributed by atoms with E-state index in [0.29, 0.717) is 5.92 Å². The normalized spacial score (nSPS) is 19.7. The highest BCUT2D eigenvalue weighted by Crippen LogP contribution is 2.26. The van der Waals surface area contributed by atoms with E-state index < -0.39 is 0 Å². The fourth-order valence-corrected chi connectivity index (χ4v) is 2.73. The molecule has 2 aromatic rings. The number of anilines is 1. The predicted octanol–water partition coefficient (Wildman–Crippen LogP) is 2.20. The number of aryl methyl sites for hydroxylation is 2. The molecule has 0 aromatic carbocycles. The maximum atomic E-state index is 4.56. The van der Waals surface area contributed by atoms with Crippen LogP contribution in [0.15, 0.2) is 18.5 Å². The van der Waals surface area contributed by atoms with Crippen molar-refractivity contribution in [3.05, 3.63) is 35.7 Å². The summed E-state index contributed by atoms with van der Waals surface area (Å²) in [4.78, 5) is 19.0. The molecule has 2 aromatic heterocycles. The number of hydrogen-bond acceptors (Lipinski definition) is 4. The highest BCUT2D eigenvalue weighted by Gasteiger charge is 2.24. The first-order chi connectivity index (χ1) is 9.22. The van der Waals surface area contributed by atoms with Crippen LogP contribution in [0.25, 0.3) is 0 Å². The zero-order valence-corrected chi connectivity index (χ0v) is 11.4. The van der Waals surface area contributed by atoms with E-state index in [4.69, 9.17) is 0 Å². The van der Waals surface area contributed by atoms with Gasteiger partial charge in [-0.15, -0.1) is 0 Å². The predicted molar refractivity (Wildman–Crippen MR) is 74.3 cm³/mol. The number of hydrogen-bond donors (Lipinski definition) is 1. The molecule has 0 amide bonds. The van der Waals surface area contributed by atoms with Crippen LogP contribution >= 0.6 is 0 Å². The van der Waals surface area contributed by atoms with Crippen molar-refractivity contribution in [3.8, 4) is 0 Å². The molecule has 1 aliphatic heterocycles. The van der Waals surface area contributed by atoms with Crippen LogP contribution in [0, 0.1) is 13.8 Å². The summed E-state index contributed by atoms with van der Waals surface area (Å²) in [6.07, 6.45) is 6.04. The molecular weight excluding hydrogens is 238 g/mol. The van der Waals surface area contributed by atoms with Crippen molar-refractivity contribution >= 4 is 5.95 Å². The van der Waals surface area contributed by atoms with Gasteiger partial charge in [0.1, 0.15) is 5.82 Å². The van der Waals surface area contributed by atoms with Gasteiger partial charge in [-0.3, -0.25) is 0 Å². The lowest BCUT2D eigenvalue weighted by atomic mass is 9.98. The zero-order chi connectivity index (χ0) is 13.2. The number of aromatic nitrogens is 4. The summed E-state index contributed by atoms with van der Waals surface area (Å²) < 4.78 is 0. The van der Waals surface area contributed by atoms with Gasteiger partial charge in [0, 0.05) is 42.8 Å². The fraction of sp³-hybridized carbons (Fsp3) is 0.500. The molecule has 1 atom stereocenters. The average molecular weight is 257 g/mol. The molecule has 1 fully saturated rings. The van der Waals surface area contributed by atoms with Crippen molar-refractivity contribution in [1.29, 1.82) is 0 Å². The Morgan fingerprint density at radius 2 is 2.05 bits per heavy atom. The molecule has 0 bridgehead atoms. The van der Waals surface area contributed by atoms with Crippen molar-refractivity contribution in [1.82, 2.24) is 19.9 Å². The Morgan fingerprint density at radius 1 is 1.26 bits per heavy atom. The molecule has 1 aliphatic rings. The van der Waals surface area contributed by atoms with E-state index in [2.05, 4.69) is 24.8 Å². The van der Waals surface area contributed by atoms with Crippen LogP contribution in [0.3, 0.4) is 0 Å². The van der Waals surface area contributed by atoms with Crippen LogP contribution in [-0.4, -0.2) is 33.0 Å². The van der Waals surface area contributed by atoms with Gasteiger partial charge in [0.2, 0.25) is 5.95 Å². The van der Waals surface area contributed by atoms with Crippen LogP contribution in [0.1, 0.15) is 36.0 Å². The summed E-state index contributed by atoms with van der Waals surface area (Å²) in [6, 6.07) is 2.01. The summed E-state index contributed by atoms with van der Waals surface area (Å²) in [5.41, 5.74) is 2.06. The van der Waals surface area contributed by atoms with Crippen LogP contribution in [-0.2, 0) is 0 Å². The third-order valence-electron chi connectivity index (χ3n) is 3.58. The molecule has 5 heteroatoms. The Morgan fingerprint density at radius 3 is 2.74 bits per heavy atom. The molecule has 100 valence electrons. The molecule has 5 nitrogen and oxygen atoms in total. The second-order valence-corrected chi connectivity index (χ2v) is 5.21. The summed E-state index contributed by atoms with van der Waals surface area (Å²) >= 11 is 0. The van der Waals surface area contributed by atoms with Crippen molar-refractivity contribution < 1.29 is 0 Å². The molecule has 1 N–H and O–H groups in total. The lowest BCUT2D eigenvalue weighted by Crippen LogP contribution is -2.36. The van der Waals surface area contributed by atoms with Crippen LogP contribution in [0.4, 0.5) is 5.95 Å². The highest BCUT2D eigenvalue weighted by atomic mass is 15.3. The number of H-pyrrole nitrogens is 1. The largest absolute Gasteiger partial charge is 0.348 e. The van der Waals surface area contributed by atoms with Gasteiger partial charge in [0.15, 0.2) is 0 Å². The smallest absolute Gasteiger partial charge is 0.225 e. The van der Waals surface area contributed by atoms with E-state index in [-0.39, 0.29) is 0 Å². The number of piperidine rings is 1. The SMILES string of the molecule is Cc1cc(C)nc(N2CCC[C@H](c3ncc[nH]3)C2)n1. The van der Waals surface area contributed by atoms with E-state index in [0.717, 1.165) is 42.7 Å². The molecule has 3 heterocycles. The topological polar surface area (TPSA) is 57.7 Å². The minimum Gasteiger partial charge on any atom is -0.348 e. The zero-order valence-electron chi connectivity index (χ0n) is 11.4. The average Bonchev–Trinajstić information content (AvgIpc) is 2.92. The second-order valence-electron chi connectivity index (χ2n) is 5.21. The maximum Gasteiger partial charge on any atom is 0.225 e. The van der Waals surface area contributed by atoms with Gasteiger partial charge in [-0.05, 0) is 32.8 Å². The van der Waals surface area contributed by atoms with E-state index in [1.165, 1.54) is 6.42 Å². The number of nitrogens with one attached hydrogen (secondary N) is 1. The monoisotopic (exact) mass is 257 g/mol. The Kier molecular flexibility index (Phi) is 3.19. The van der Waals surface area contributed by atoms with Crippen molar-refractivity contribution in [3.63, 3.8) is 0 Å². The molecule has 0 spiro atoms. The standard InChI is InChI=1S/C14H19N5/c1-10-8-11(2)18-14(17-10)19-7-3-4-12(9-19)13-15-5-6-16-13/h5-6,8,12H,3-4,7,9H2,1-2H3,(H,15,16)/t12-/m0/s1. The summed E-state index contributed by atoms with van der Waals surface area (Å²) in [5, 5.41) is 0. The van der Waals surface area contributed by atoms with Crippen LogP contribution in [0.5, 0.6) is 0 Å². The number of nitrogens with zero attached hydrogens (tertiary/aromatic N) is 4. The van der Waals surface area contributed by atoms with E-state index in [1.54, 1.807) is 0 Å². The number of aromatic amines is 1. The molecular formula is C14H19N5. The molecule has 3 rings (SSSR count). The third-order valence-corrected chi connectivity index (χ3v) is 3.58. The highest BCUT2D eigenvalue weighted by molar-refractivity contribution is 5.33. The molecule has 0 saturated carbocycles. The summed E-state index contributed by atoms with van der Waals surface area (Å²) in [6.45, 7) is 6.01. The van der Waals surface area contributed by atoms with Gasteiger partial charge in [0.05, 0.1) is 0 Å². The van der Waals surface area contributed by atoms with E-state index in [1.807, 2.05) is 32.3 Å². The molecule has 1 saturated heterocycles. The number of rotatable bonds is 2.